The quantitative estimate of drug-likeness (QED) is 0.258. The highest BCUT2D eigenvalue weighted by Gasteiger charge is 2.22. The highest BCUT2D eigenvalue weighted by atomic mass is 127. The van der Waals surface area contributed by atoms with Crippen LogP contribution in [0.2, 0.25) is 0 Å². The van der Waals surface area contributed by atoms with E-state index in [2.05, 4.69) is 33.2 Å². The molecule has 0 heterocycles. The van der Waals surface area contributed by atoms with Crippen molar-refractivity contribution in [1.29, 1.82) is 0 Å². The number of carbonyl (C=O) groups is 2. The van der Waals surface area contributed by atoms with Crippen molar-refractivity contribution in [3.8, 4) is 11.5 Å². The van der Waals surface area contributed by atoms with Gasteiger partial charge in [0.2, 0.25) is 0 Å². The molecular weight excluding hydrogens is 591 g/mol. The summed E-state index contributed by atoms with van der Waals surface area (Å²) in [5.41, 5.74) is 8.83. The highest BCUT2D eigenvalue weighted by molar-refractivity contribution is 14.1. The van der Waals surface area contributed by atoms with Crippen molar-refractivity contribution in [3.05, 3.63) is 78.9 Å². The Labute approximate surface area is 239 Å². The number of ether oxygens (including phenoxy) is 2. The Morgan fingerprint density at radius 3 is 1.21 bits per heavy atom. The Morgan fingerprint density at radius 1 is 0.605 bits per heavy atom. The molecule has 202 valence electrons. The van der Waals surface area contributed by atoms with Crippen LogP contribution >= 0.6 is 22.6 Å². The Morgan fingerprint density at radius 2 is 0.895 bits per heavy atom. The van der Waals surface area contributed by atoms with Crippen LogP contribution in [0.25, 0.3) is 0 Å². The molecule has 3 aromatic rings. The maximum atomic E-state index is 13.0. The van der Waals surface area contributed by atoms with E-state index in [1.807, 2.05) is 84.9 Å². The number of nitrogens with one attached hydrogen (secondary N) is 2. The number of rotatable bonds is 8. The molecule has 0 bridgehead atoms. The molecule has 0 aliphatic heterocycles. The second-order valence-corrected chi connectivity index (χ2v) is 11.2. The Bertz CT molecular complexity index is 1240. The third-order valence-electron chi connectivity index (χ3n) is 6.35. The highest BCUT2D eigenvalue weighted by Crippen LogP contribution is 2.34. The monoisotopic (exact) mass is 628 g/mol. The summed E-state index contributed by atoms with van der Waals surface area (Å²) in [4.78, 5) is 26.0. The Balaban J connectivity index is 1.73. The van der Waals surface area contributed by atoms with Gasteiger partial charge in [0.1, 0.15) is 11.5 Å². The lowest BCUT2D eigenvalue weighted by atomic mass is 10.0. The van der Waals surface area contributed by atoms with E-state index in [4.69, 9.17) is 9.47 Å². The molecule has 0 unspecified atom stereocenters. The number of halogens is 1. The Kier molecular flexibility index (Phi) is 9.46. The Hall–Kier alpha value is -3.07. The first kappa shape index (κ1) is 29.5. The smallest absolute Gasteiger partial charge is 0.265 e. The van der Waals surface area contributed by atoms with E-state index in [0.29, 0.717) is 15.1 Å². The minimum absolute atomic E-state index is 0.239. The standard InChI is InChI=1S/C31H37IN2O4/c1-16-10-19(4)28(20(5)11-16)33-30(35)23(8)37-25-14-18(3)15-26(27(25)32)38-24(9)31(36)34-29-21(6)12-17(2)13-22(29)7/h10-15,23-24H,1-9H3,(H,33,35)(H,34,36)/t23-,24-/m1/s1. The summed E-state index contributed by atoms with van der Waals surface area (Å²) in [5.74, 6) is 0.574. The molecule has 0 saturated carbocycles. The van der Waals surface area contributed by atoms with E-state index in [1.54, 1.807) is 13.8 Å². The average Bonchev–Trinajstić information content (AvgIpc) is 2.81. The van der Waals surface area contributed by atoms with Crippen LogP contribution in [-0.4, -0.2) is 24.0 Å². The molecular formula is C31H37IN2O4. The van der Waals surface area contributed by atoms with Gasteiger partial charge in [-0.1, -0.05) is 35.4 Å². The van der Waals surface area contributed by atoms with E-state index < -0.39 is 12.2 Å². The first-order valence-electron chi connectivity index (χ1n) is 12.7. The van der Waals surface area contributed by atoms with Gasteiger partial charge in [0, 0.05) is 11.4 Å². The molecule has 0 fully saturated rings. The van der Waals surface area contributed by atoms with E-state index in [1.165, 1.54) is 0 Å². The van der Waals surface area contributed by atoms with Gasteiger partial charge in [-0.15, -0.1) is 0 Å². The fraction of sp³-hybridized carbons (Fsp3) is 0.355. The van der Waals surface area contributed by atoms with E-state index in [0.717, 1.165) is 50.3 Å². The summed E-state index contributed by atoms with van der Waals surface area (Å²) in [6, 6.07) is 11.9. The second-order valence-electron chi connectivity index (χ2n) is 10.1. The van der Waals surface area contributed by atoms with Gasteiger partial charge in [-0.05, 0) is 125 Å². The van der Waals surface area contributed by atoms with Gasteiger partial charge >= 0.3 is 0 Å². The predicted octanol–water partition coefficient (Wildman–Crippen LogP) is 7.26. The molecule has 0 spiro atoms. The third-order valence-corrected chi connectivity index (χ3v) is 7.41. The van der Waals surface area contributed by atoms with E-state index in [9.17, 15) is 9.59 Å². The van der Waals surface area contributed by atoms with Crippen molar-refractivity contribution >= 4 is 45.8 Å². The zero-order chi connectivity index (χ0) is 28.3. The summed E-state index contributed by atoms with van der Waals surface area (Å²) in [7, 11) is 0. The first-order valence-corrected chi connectivity index (χ1v) is 13.8. The van der Waals surface area contributed by atoms with Crippen LogP contribution in [-0.2, 0) is 9.59 Å². The number of hydrogen-bond donors (Lipinski definition) is 2. The molecule has 3 aromatic carbocycles. The maximum Gasteiger partial charge on any atom is 0.265 e. The van der Waals surface area contributed by atoms with Crippen molar-refractivity contribution in [3.63, 3.8) is 0 Å². The summed E-state index contributed by atoms with van der Waals surface area (Å²) in [5, 5.41) is 6.01. The van der Waals surface area contributed by atoms with Gasteiger partial charge < -0.3 is 20.1 Å². The van der Waals surface area contributed by atoms with Crippen molar-refractivity contribution in [2.24, 2.45) is 0 Å². The predicted molar refractivity (Wildman–Crippen MR) is 163 cm³/mol. The largest absolute Gasteiger partial charge is 0.480 e. The van der Waals surface area contributed by atoms with E-state index in [-0.39, 0.29) is 11.8 Å². The molecule has 38 heavy (non-hydrogen) atoms. The van der Waals surface area contributed by atoms with Crippen molar-refractivity contribution < 1.29 is 19.1 Å². The lowest BCUT2D eigenvalue weighted by Crippen LogP contribution is -2.32. The summed E-state index contributed by atoms with van der Waals surface area (Å²) >= 11 is 2.13. The number of benzene rings is 3. The van der Waals surface area contributed by atoms with Gasteiger partial charge in [0.05, 0.1) is 3.57 Å². The SMILES string of the molecule is Cc1cc(C)c(NC(=O)[C@@H](C)Oc2cc(C)cc(O[C@H](C)C(=O)Nc3c(C)cc(C)cc3C)c2I)c(C)c1. The molecule has 6 nitrogen and oxygen atoms in total. The zero-order valence-corrected chi connectivity index (χ0v) is 25.8. The normalized spacial score (nSPS) is 12.5. The molecule has 3 rings (SSSR count). The summed E-state index contributed by atoms with van der Waals surface area (Å²) in [6.07, 6.45) is -1.49. The van der Waals surface area contributed by atoms with Crippen LogP contribution in [0.15, 0.2) is 36.4 Å². The summed E-state index contributed by atoms with van der Waals surface area (Å²) < 4.78 is 12.9. The zero-order valence-electron chi connectivity index (χ0n) is 23.6. The minimum Gasteiger partial charge on any atom is -0.480 e. The second kappa shape index (κ2) is 12.2. The topological polar surface area (TPSA) is 76.7 Å². The average molecular weight is 629 g/mol. The molecule has 0 aromatic heterocycles. The number of amides is 2. The molecule has 0 saturated heterocycles. The van der Waals surface area contributed by atoms with Gasteiger partial charge in [0.15, 0.2) is 12.2 Å². The fourth-order valence-electron chi connectivity index (χ4n) is 4.57. The number of anilines is 2. The molecule has 7 heteroatoms. The molecule has 2 amide bonds. The van der Waals surface area contributed by atoms with Crippen LogP contribution < -0.4 is 20.1 Å². The van der Waals surface area contributed by atoms with Crippen molar-refractivity contribution in [2.75, 3.05) is 10.6 Å². The molecule has 0 radical (unpaired) electrons. The number of carbonyl (C=O) groups excluding carboxylic acids is 2. The van der Waals surface area contributed by atoms with Crippen molar-refractivity contribution in [2.45, 2.75) is 74.5 Å². The third kappa shape index (κ3) is 7.07. The fourth-order valence-corrected chi connectivity index (χ4v) is 5.13. The van der Waals surface area contributed by atoms with Crippen LogP contribution in [0.4, 0.5) is 11.4 Å². The van der Waals surface area contributed by atoms with Gasteiger partial charge in [0.25, 0.3) is 11.8 Å². The van der Waals surface area contributed by atoms with Crippen LogP contribution in [0.1, 0.15) is 52.8 Å². The maximum absolute atomic E-state index is 13.0. The molecule has 0 aliphatic carbocycles. The van der Waals surface area contributed by atoms with Gasteiger partial charge in [-0.2, -0.15) is 0 Å². The summed E-state index contributed by atoms with van der Waals surface area (Å²) in [6.45, 7) is 17.3. The van der Waals surface area contributed by atoms with Crippen LogP contribution in [0.3, 0.4) is 0 Å². The minimum atomic E-state index is -0.744. The number of hydrogen-bond acceptors (Lipinski definition) is 4. The first-order chi connectivity index (χ1) is 17.8. The lowest BCUT2D eigenvalue weighted by molar-refractivity contribution is -0.122. The van der Waals surface area contributed by atoms with Crippen molar-refractivity contribution in [1.82, 2.24) is 0 Å². The molecule has 0 aliphatic rings. The lowest BCUT2D eigenvalue weighted by Gasteiger charge is -2.21. The van der Waals surface area contributed by atoms with Gasteiger partial charge in [-0.3, -0.25) is 9.59 Å². The van der Waals surface area contributed by atoms with E-state index >= 15 is 0 Å². The number of aryl methyl sites for hydroxylation is 7. The molecule has 2 N–H and O–H groups in total. The van der Waals surface area contributed by atoms with Gasteiger partial charge in [-0.25, -0.2) is 0 Å². The molecule has 2 atom stereocenters. The van der Waals surface area contributed by atoms with Crippen LogP contribution in [0.5, 0.6) is 11.5 Å². The van der Waals surface area contributed by atoms with Crippen LogP contribution in [0, 0.1) is 52.0 Å².